The Morgan fingerprint density at radius 2 is 1.55 bits per heavy atom. The molecule has 0 spiro atoms. The Hall–Kier alpha value is -2.57. The van der Waals surface area contributed by atoms with Crippen LogP contribution in [0.2, 0.25) is 10.0 Å². The summed E-state index contributed by atoms with van der Waals surface area (Å²) < 4.78 is 0. The SMILES string of the molecule is CC(C)(C)c1ccc(C(=O)NCCC(=O)NNC(=O)c2cc(Cl)ccc2Cl)cc1. The minimum atomic E-state index is -0.589. The fraction of sp³-hybridized carbons (Fsp3) is 0.286. The second-order valence-corrected chi connectivity index (χ2v) is 8.30. The number of hydrogen-bond acceptors (Lipinski definition) is 3. The molecule has 154 valence electrons. The molecule has 0 aliphatic heterocycles. The van der Waals surface area contributed by atoms with Crippen LogP contribution in [0.25, 0.3) is 0 Å². The van der Waals surface area contributed by atoms with E-state index < -0.39 is 11.8 Å². The van der Waals surface area contributed by atoms with Gasteiger partial charge in [-0.05, 0) is 41.3 Å². The first kappa shape index (κ1) is 22.7. The van der Waals surface area contributed by atoms with Crippen LogP contribution in [-0.2, 0) is 10.2 Å². The van der Waals surface area contributed by atoms with Gasteiger partial charge in [0.15, 0.2) is 0 Å². The zero-order valence-electron chi connectivity index (χ0n) is 16.4. The van der Waals surface area contributed by atoms with Crippen molar-refractivity contribution >= 4 is 40.9 Å². The van der Waals surface area contributed by atoms with Crippen molar-refractivity contribution in [3.63, 3.8) is 0 Å². The van der Waals surface area contributed by atoms with E-state index in [0.717, 1.165) is 5.56 Å². The van der Waals surface area contributed by atoms with Crippen molar-refractivity contribution in [3.05, 3.63) is 69.2 Å². The molecule has 29 heavy (non-hydrogen) atoms. The molecule has 3 amide bonds. The van der Waals surface area contributed by atoms with Crippen molar-refractivity contribution in [1.29, 1.82) is 0 Å². The van der Waals surface area contributed by atoms with Gasteiger partial charge in [-0.15, -0.1) is 0 Å². The Bertz CT molecular complexity index is 906. The molecular formula is C21H23Cl2N3O3. The van der Waals surface area contributed by atoms with Crippen LogP contribution in [0.1, 0.15) is 53.5 Å². The highest BCUT2D eigenvalue weighted by Gasteiger charge is 2.15. The molecule has 0 fully saturated rings. The van der Waals surface area contributed by atoms with Gasteiger partial charge in [0.1, 0.15) is 0 Å². The Labute approximate surface area is 179 Å². The van der Waals surface area contributed by atoms with Gasteiger partial charge in [0.25, 0.3) is 11.8 Å². The summed E-state index contributed by atoms with van der Waals surface area (Å²) in [5, 5.41) is 3.24. The summed E-state index contributed by atoms with van der Waals surface area (Å²) in [6.07, 6.45) is -0.00459. The first-order valence-corrected chi connectivity index (χ1v) is 9.76. The van der Waals surface area contributed by atoms with E-state index >= 15 is 0 Å². The number of amides is 3. The summed E-state index contributed by atoms with van der Waals surface area (Å²) in [5.41, 5.74) is 6.33. The first-order chi connectivity index (χ1) is 13.6. The maximum absolute atomic E-state index is 12.2. The third-order valence-electron chi connectivity index (χ3n) is 4.14. The van der Waals surface area contributed by atoms with E-state index in [0.29, 0.717) is 10.6 Å². The molecule has 0 aliphatic rings. The van der Waals surface area contributed by atoms with E-state index in [-0.39, 0.29) is 34.9 Å². The molecule has 2 aromatic rings. The van der Waals surface area contributed by atoms with E-state index in [1.54, 1.807) is 18.2 Å². The van der Waals surface area contributed by atoms with E-state index in [9.17, 15) is 14.4 Å². The van der Waals surface area contributed by atoms with E-state index in [1.807, 2.05) is 12.1 Å². The van der Waals surface area contributed by atoms with Crippen LogP contribution >= 0.6 is 23.2 Å². The molecular weight excluding hydrogens is 413 g/mol. The monoisotopic (exact) mass is 435 g/mol. The van der Waals surface area contributed by atoms with Crippen LogP contribution in [0, 0.1) is 0 Å². The highest BCUT2D eigenvalue weighted by atomic mass is 35.5. The van der Waals surface area contributed by atoms with Gasteiger partial charge < -0.3 is 5.32 Å². The topological polar surface area (TPSA) is 87.3 Å². The van der Waals surface area contributed by atoms with Crippen molar-refractivity contribution < 1.29 is 14.4 Å². The maximum Gasteiger partial charge on any atom is 0.271 e. The van der Waals surface area contributed by atoms with Gasteiger partial charge in [0, 0.05) is 23.6 Å². The van der Waals surface area contributed by atoms with Crippen LogP contribution in [-0.4, -0.2) is 24.3 Å². The molecule has 2 aromatic carbocycles. The number of hydrazine groups is 1. The lowest BCUT2D eigenvalue weighted by atomic mass is 9.87. The summed E-state index contributed by atoms with van der Waals surface area (Å²) in [5.74, 6) is -1.32. The van der Waals surface area contributed by atoms with E-state index in [2.05, 4.69) is 36.9 Å². The number of nitrogens with one attached hydrogen (secondary N) is 3. The van der Waals surface area contributed by atoms with Gasteiger partial charge in [0.2, 0.25) is 5.91 Å². The standard InChI is InChI=1S/C21H23Cl2N3O3/c1-21(2,3)14-6-4-13(5-7-14)19(28)24-11-10-18(27)25-26-20(29)16-12-15(22)8-9-17(16)23/h4-9,12H,10-11H2,1-3H3,(H,24,28)(H,25,27)(H,26,29). The molecule has 6 nitrogen and oxygen atoms in total. The zero-order chi connectivity index (χ0) is 21.6. The number of carbonyl (C=O) groups excluding carboxylic acids is 3. The quantitative estimate of drug-likeness (QED) is 0.622. The predicted octanol–water partition coefficient (Wildman–Crippen LogP) is 3.87. The molecule has 0 bridgehead atoms. The predicted molar refractivity (Wildman–Crippen MR) is 114 cm³/mol. The minimum Gasteiger partial charge on any atom is -0.352 e. The third-order valence-corrected chi connectivity index (χ3v) is 4.70. The molecule has 8 heteroatoms. The summed E-state index contributed by atoms with van der Waals surface area (Å²) in [4.78, 5) is 36.1. The van der Waals surface area contributed by atoms with Gasteiger partial charge in [-0.3, -0.25) is 25.2 Å². The molecule has 3 N–H and O–H groups in total. The average molecular weight is 436 g/mol. The van der Waals surface area contributed by atoms with Crippen LogP contribution in [0.5, 0.6) is 0 Å². The Morgan fingerprint density at radius 3 is 2.17 bits per heavy atom. The molecule has 2 rings (SSSR count). The fourth-order valence-electron chi connectivity index (χ4n) is 2.44. The van der Waals surface area contributed by atoms with E-state index in [4.69, 9.17) is 23.2 Å². The van der Waals surface area contributed by atoms with Crippen molar-refractivity contribution in [3.8, 4) is 0 Å². The second-order valence-electron chi connectivity index (χ2n) is 7.46. The van der Waals surface area contributed by atoms with Gasteiger partial charge in [-0.25, -0.2) is 0 Å². The number of halogens is 2. The summed E-state index contributed by atoms with van der Waals surface area (Å²) in [6.45, 7) is 6.42. The van der Waals surface area contributed by atoms with Gasteiger partial charge >= 0.3 is 0 Å². The van der Waals surface area contributed by atoms with Crippen molar-refractivity contribution in [2.75, 3.05) is 6.54 Å². The lowest BCUT2D eigenvalue weighted by Gasteiger charge is -2.19. The van der Waals surface area contributed by atoms with Gasteiger partial charge in [0.05, 0.1) is 10.6 Å². The summed E-state index contributed by atoms with van der Waals surface area (Å²) in [7, 11) is 0. The maximum atomic E-state index is 12.2. The normalized spacial score (nSPS) is 10.9. The smallest absolute Gasteiger partial charge is 0.271 e. The number of hydrogen-bond donors (Lipinski definition) is 3. The van der Waals surface area contributed by atoms with Crippen LogP contribution in [0.15, 0.2) is 42.5 Å². The highest BCUT2D eigenvalue weighted by Crippen LogP contribution is 2.22. The first-order valence-electron chi connectivity index (χ1n) is 9.01. The molecule has 0 saturated carbocycles. The molecule has 0 aliphatic carbocycles. The molecule has 0 saturated heterocycles. The van der Waals surface area contributed by atoms with Crippen molar-refractivity contribution in [2.24, 2.45) is 0 Å². The van der Waals surface area contributed by atoms with Crippen molar-refractivity contribution in [2.45, 2.75) is 32.6 Å². The zero-order valence-corrected chi connectivity index (χ0v) is 17.9. The molecule has 0 aromatic heterocycles. The van der Waals surface area contributed by atoms with Gasteiger partial charge in [-0.2, -0.15) is 0 Å². The van der Waals surface area contributed by atoms with Crippen molar-refractivity contribution in [1.82, 2.24) is 16.2 Å². The minimum absolute atomic E-state index is 0.00459. The fourth-order valence-corrected chi connectivity index (χ4v) is 2.82. The average Bonchev–Trinajstić information content (AvgIpc) is 2.67. The number of benzene rings is 2. The largest absolute Gasteiger partial charge is 0.352 e. The molecule has 0 atom stereocenters. The molecule has 0 heterocycles. The number of rotatable bonds is 5. The highest BCUT2D eigenvalue weighted by molar-refractivity contribution is 6.35. The summed E-state index contributed by atoms with van der Waals surface area (Å²) in [6, 6.07) is 11.8. The van der Waals surface area contributed by atoms with E-state index in [1.165, 1.54) is 12.1 Å². The Balaban J connectivity index is 1.77. The van der Waals surface area contributed by atoms with Gasteiger partial charge in [-0.1, -0.05) is 56.1 Å². The third kappa shape index (κ3) is 6.76. The van der Waals surface area contributed by atoms with Crippen LogP contribution in [0.4, 0.5) is 0 Å². The Morgan fingerprint density at radius 1 is 0.897 bits per heavy atom. The summed E-state index contributed by atoms with van der Waals surface area (Å²) >= 11 is 11.8. The lowest BCUT2D eigenvalue weighted by molar-refractivity contribution is -0.121. The molecule has 0 radical (unpaired) electrons. The van der Waals surface area contributed by atoms with Crippen LogP contribution < -0.4 is 16.2 Å². The second kappa shape index (κ2) is 9.76. The lowest BCUT2D eigenvalue weighted by Crippen LogP contribution is -2.42. The number of carbonyl (C=O) groups is 3. The van der Waals surface area contributed by atoms with Crippen LogP contribution in [0.3, 0.4) is 0 Å². The Kier molecular flexibility index (Phi) is 7.65. The molecule has 0 unspecified atom stereocenters.